The lowest BCUT2D eigenvalue weighted by molar-refractivity contribution is -0.137. The Labute approximate surface area is 120 Å². The van der Waals surface area contributed by atoms with Gasteiger partial charge in [-0.2, -0.15) is 0 Å². The van der Waals surface area contributed by atoms with E-state index in [9.17, 15) is 0 Å². The van der Waals surface area contributed by atoms with Crippen molar-refractivity contribution in [2.75, 3.05) is 39.3 Å². The van der Waals surface area contributed by atoms with Crippen LogP contribution >= 0.6 is 0 Å². The molecule has 2 rings (SSSR count). The second kappa shape index (κ2) is 5.89. The molecule has 1 aliphatic rings. The fraction of sp³-hybridized carbons (Fsp3) is 0.600. The van der Waals surface area contributed by atoms with Gasteiger partial charge in [-0.25, -0.2) is 0 Å². The summed E-state index contributed by atoms with van der Waals surface area (Å²) >= 11 is 0. The quantitative estimate of drug-likeness (QED) is 0.828. The third-order valence-electron chi connectivity index (χ3n) is 3.34. The minimum absolute atomic E-state index is 0.0572. The first-order valence-corrected chi connectivity index (χ1v) is 6.70. The highest BCUT2D eigenvalue weighted by Gasteiger charge is 2.33. The average Bonchev–Trinajstić information content (AvgIpc) is 2.76. The van der Waals surface area contributed by atoms with Crippen molar-refractivity contribution < 1.29 is 18.9 Å². The summed E-state index contributed by atoms with van der Waals surface area (Å²) < 4.78 is 22.0. The predicted octanol–water partition coefficient (Wildman–Crippen LogP) is 2.29. The molecule has 1 fully saturated rings. The lowest BCUT2D eigenvalue weighted by atomic mass is 10.2. The molecule has 1 saturated heterocycles. The predicted molar refractivity (Wildman–Crippen MR) is 77.7 cm³/mol. The van der Waals surface area contributed by atoms with Gasteiger partial charge >= 0.3 is 0 Å². The van der Waals surface area contributed by atoms with Crippen molar-refractivity contribution >= 4 is 5.69 Å². The van der Waals surface area contributed by atoms with E-state index in [-0.39, 0.29) is 6.10 Å². The molecule has 5 nitrogen and oxygen atoms in total. The molecule has 0 N–H and O–H groups in total. The summed E-state index contributed by atoms with van der Waals surface area (Å²) in [7, 11) is 5.31. The van der Waals surface area contributed by atoms with Crippen LogP contribution < -0.4 is 14.4 Å². The zero-order chi connectivity index (χ0) is 14.8. The third-order valence-corrected chi connectivity index (χ3v) is 3.34. The molecule has 1 aliphatic heterocycles. The molecule has 5 heteroatoms. The number of rotatable bonds is 5. The Hall–Kier alpha value is -1.46. The van der Waals surface area contributed by atoms with Crippen LogP contribution in [0.2, 0.25) is 0 Å². The molecule has 0 bridgehead atoms. The van der Waals surface area contributed by atoms with Gasteiger partial charge in [-0.15, -0.1) is 0 Å². The monoisotopic (exact) mass is 281 g/mol. The van der Waals surface area contributed by atoms with Crippen molar-refractivity contribution in [3.05, 3.63) is 18.2 Å². The van der Waals surface area contributed by atoms with Crippen molar-refractivity contribution in [3.63, 3.8) is 0 Å². The Balaban J connectivity index is 2.07. The van der Waals surface area contributed by atoms with E-state index in [4.69, 9.17) is 18.9 Å². The summed E-state index contributed by atoms with van der Waals surface area (Å²) in [5, 5.41) is 0. The van der Waals surface area contributed by atoms with Gasteiger partial charge in [0.2, 0.25) is 0 Å². The molecule has 20 heavy (non-hydrogen) atoms. The van der Waals surface area contributed by atoms with Gasteiger partial charge in [-0.05, 0) is 26.0 Å². The zero-order valence-corrected chi connectivity index (χ0v) is 12.8. The van der Waals surface area contributed by atoms with E-state index in [0.29, 0.717) is 6.61 Å². The van der Waals surface area contributed by atoms with E-state index in [0.717, 1.165) is 23.7 Å². The molecular weight excluding hydrogens is 258 g/mol. The lowest BCUT2D eigenvalue weighted by Gasteiger charge is -2.25. The van der Waals surface area contributed by atoms with Gasteiger partial charge in [-0.1, -0.05) is 0 Å². The van der Waals surface area contributed by atoms with Gasteiger partial charge in [-0.3, -0.25) is 0 Å². The van der Waals surface area contributed by atoms with Gasteiger partial charge in [0.05, 0.1) is 26.5 Å². The first-order chi connectivity index (χ1) is 9.45. The van der Waals surface area contributed by atoms with Crippen LogP contribution in [-0.2, 0) is 9.47 Å². The summed E-state index contributed by atoms with van der Waals surface area (Å²) in [6, 6.07) is 5.78. The maximum Gasteiger partial charge on any atom is 0.163 e. The van der Waals surface area contributed by atoms with E-state index < -0.39 is 5.79 Å². The number of methoxy groups -OCH3 is 2. The van der Waals surface area contributed by atoms with Crippen LogP contribution in [0.15, 0.2) is 18.2 Å². The summed E-state index contributed by atoms with van der Waals surface area (Å²) in [4.78, 5) is 2.10. The molecular formula is C15H23NO4. The van der Waals surface area contributed by atoms with E-state index >= 15 is 0 Å². The van der Waals surface area contributed by atoms with Crippen LogP contribution in [0.5, 0.6) is 11.5 Å². The van der Waals surface area contributed by atoms with Gasteiger partial charge in [0, 0.05) is 19.7 Å². The van der Waals surface area contributed by atoms with Crippen molar-refractivity contribution in [3.8, 4) is 11.5 Å². The van der Waals surface area contributed by atoms with Gasteiger partial charge in [0.15, 0.2) is 5.79 Å². The first kappa shape index (κ1) is 14.9. The summed E-state index contributed by atoms with van der Waals surface area (Å²) in [6.07, 6.45) is 0.0572. The summed E-state index contributed by atoms with van der Waals surface area (Å²) in [5.41, 5.74) is 1.00. The van der Waals surface area contributed by atoms with Gasteiger partial charge in [0.25, 0.3) is 0 Å². The highest BCUT2D eigenvalue weighted by atomic mass is 16.7. The SMILES string of the molecule is COc1ccc(N(C)C[C@@H]2COC(C)(C)O2)c(OC)c1. The molecule has 1 atom stereocenters. The van der Waals surface area contributed by atoms with E-state index in [1.807, 2.05) is 39.1 Å². The van der Waals surface area contributed by atoms with Gasteiger partial charge < -0.3 is 23.8 Å². The smallest absolute Gasteiger partial charge is 0.163 e. The molecule has 0 spiro atoms. The minimum atomic E-state index is -0.491. The number of hydrogen-bond acceptors (Lipinski definition) is 5. The largest absolute Gasteiger partial charge is 0.497 e. The Morgan fingerprint density at radius 3 is 2.60 bits per heavy atom. The Kier molecular flexibility index (Phi) is 4.40. The lowest BCUT2D eigenvalue weighted by Crippen LogP contribution is -2.32. The maximum atomic E-state index is 5.83. The van der Waals surface area contributed by atoms with Gasteiger partial charge in [0.1, 0.15) is 17.6 Å². The number of likely N-dealkylation sites (N-methyl/N-ethyl adjacent to an activating group) is 1. The van der Waals surface area contributed by atoms with Crippen molar-refractivity contribution in [1.29, 1.82) is 0 Å². The molecule has 0 aromatic heterocycles. The highest BCUT2D eigenvalue weighted by Crippen LogP contribution is 2.32. The normalized spacial score (nSPS) is 20.8. The number of anilines is 1. The number of nitrogens with zero attached hydrogens (tertiary/aromatic N) is 1. The topological polar surface area (TPSA) is 40.2 Å². The minimum Gasteiger partial charge on any atom is -0.497 e. The molecule has 0 aliphatic carbocycles. The second-order valence-electron chi connectivity index (χ2n) is 5.37. The molecule has 1 aromatic rings. The third kappa shape index (κ3) is 3.35. The summed E-state index contributed by atoms with van der Waals surface area (Å²) in [6.45, 7) is 5.21. The molecule has 112 valence electrons. The fourth-order valence-electron chi connectivity index (χ4n) is 2.36. The number of ether oxygens (including phenoxy) is 4. The maximum absolute atomic E-state index is 5.83. The van der Waals surface area contributed by atoms with Crippen molar-refractivity contribution in [1.82, 2.24) is 0 Å². The van der Waals surface area contributed by atoms with E-state index in [1.165, 1.54) is 0 Å². The Bertz CT molecular complexity index is 461. The Morgan fingerprint density at radius 1 is 1.30 bits per heavy atom. The molecule has 0 radical (unpaired) electrons. The van der Waals surface area contributed by atoms with Crippen molar-refractivity contribution in [2.45, 2.75) is 25.7 Å². The Morgan fingerprint density at radius 2 is 2.05 bits per heavy atom. The van der Waals surface area contributed by atoms with Crippen molar-refractivity contribution in [2.24, 2.45) is 0 Å². The number of benzene rings is 1. The molecule has 0 amide bonds. The fourth-order valence-corrected chi connectivity index (χ4v) is 2.36. The van der Waals surface area contributed by atoms with E-state index in [2.05, 4.69) is 4.90 Å². The number of hydrogen-bond donors (Lipinski definition) is 0. The van der Waals surface area contributed by atoms with Crippen LogP contribution in [0, 0.1) is 0 Å². The van der Waals surface area contributed by atoms with Crippen LogP contribution in [0.1, 0.15) is 13.8 Å². The van der Waals surface area contributed by atoms with E-state index in [1.54, 1.807) is 14.2 Å². The molecule has 0 saturated carbocycles. The van der Waals surface area contributed by atoms with Crippen LogP contribution in [0.25, 0.3) is 0 Å². The average molecular weight is 281 g/mol. The molecule has 1 aromatic carbocycles. The van der Waals surface area contributed by atoms with Crippen LogP contribution in [0.3, 0.4) is 0 Å². The molecule has 1 heterocycles. The second-order valence-corrected chi connectivity index (χ2v) is 5.37. The zero-order valence-electron chi connectivity index (χ0n) is 12.8. The highest BCUT2D eigenvalue weighted by molar-refractivity contribution is 5.60. The van der Waals surface area contributed by atoms with Crippen LogP contribution in [0.4, 0.5) is 5.69 Å². The van der Waals surface area contributed by atoms with Crippen LogP contribution in [-0.4, -0.2) is 46.3 Å². The first-order valence-electron chi connectivity index (χ1n) is 6.70. The standard InChI is InChI=1S/C15H23NO4/c1-15(2)19-10-12(20-15)9-16(3)13-7-6-11(17-4)8-14(13)18-5/h6-8,12H,9-10H2,1-5H3/t12-/m1/s1. The molecule has 0 unspecified atom stereocenters. The summed E-state index contributed by atoms with van der Waals surface area (Å²) in [5.74, 6) is 1.07.